The van der Waals surface area contributed by atoms with E-state index in [1.165, 1.54) is 11.0 Å². The minimum Gasteiger partial charge on any atom is -0.353 e. The summed E-state index contributed by atoms with van der Waals surface area (Å²) in [5.74, 6) is -0.966. The van der Waals surface area contributed by atoms with E-state index in [-0.39, 0.29) is 23.7 Å². The van der Waals surface area contributed by atoms with Crippen molar-refractivity contribution in [2.24, 2.45) is 5.92 Å². The molecule has 0 radical (unpaired) electrons. The van der Waals surface area contributed by atoms with Crippen molar-refractivity contribution in [3.05, 3.63) is 35.6 Å². The van der Waals surface area contributed by atoms with E-state index in [0.717, 1.165) is 6.42 Å². The Morgan fingerprint density at radius 2 is 2.14 bits per heavy atom. The van der Waals surface area contributed by atoms with Crippen LogP contribution in [0.5, 0.6) is 0 Å². The molecule has 1 fully saturated rings. The second-order valence-corrected chi connectivity index (χ2v) is 5.93. The highest BCUT2D eigenvalue weighted by Crippen LogP contribution is 2.37. The SMILES string of the molecule is CC[C@H](C)NC(=O)[C@@H]1CCC(=O)N(C)[C@@H]1c1ccccc1F. The van der Waals surface area contributed by atoms with E-state index in [4.69, 9.17) is 0 Å². The maximum atomic E-state index is 14.2. The van der Waals surface area contributed by atoms with Crippen LogP contribution in [0.15, 0.2) is 24.3 Å². The molecular weight excluding hydrogens is 283 g/mol. The second kappa shape index (κ2) is 6.90. The van der Waals surface area contributed by atoms with Crippen LogP contribution in [0.3, 0.4) is 0 Å². The summed E-state index contributed by atoms with van der Waals surface area (Å²) < 4.78 is 14.2. The average molecular weight is 306 g/mol. The third kappa shape index (κ3) is 3.29. The van der Waals surface area contributed by atoms with Crippen molar-refractivity contribution in [1.82, 2.24) is 10.2 Å². The number of carbonyl (C=O) groups is 2. The van der Waals surface area contributed by atoms with Gasteiger partial charge in [0.1, 0.15) is 5.82 Å². The monoisotopic (exact) mass is 306 g/mol. The molecule has 1 aromatic carbocycles. The Labute approximate surface area is 130 Å². The Balaban J connectivity index is 2.32. The van der Waals surface area contributed by atoms with E-state index in [2.05, 4.69) is 5.32 Å². The maximum Gasteiger partial charge on any atom is 0.225 e. The summed E-state index contributed by atoms with van der Waals surface area (Å²) in [6.45, 7) is 3.93. The number of hydrogen-bond donors (Lipinski definition) is 1. The van der Waals surface area contributed by atoms with E-state index in [9.17, 15) is 14.0 Å². The van der Waals surface area contributed by atoms with E-state index >= 15 is 0 Å². The van der Waals surface area contributed by atoms with Crippen LogP contribution in [0.25, 0.3) is 0 Å². The molecule has 0 aliphatic carbocycles. The Morgan fingerprint density at radius 1 is 1.45 bits per heavy atom. The largest absolute Gasteiger partial charge is 0.353 e. The summed E-state index contributed by atoms with van der Waals surface area (Å²) in [7, 11) is 1.64. The molecule has 22 heavy (non-hydrogen) atoms. The molecule has 1 saturated heterocycles. The first kappa shape index (κ1) is 16.5. The van der Waals surface area contributed by atoms with Gasteiger partial charge in [0, 0.05) is 25.1 Å². The number of rotatable bonds is 4. The summed E-state index contributed by atoms with van der Waals surface area (Å²) in [4.78, 5) is 26.1. The Morgan fingerprint density at radius 3 is 2.77 bits per heavy atom. The highest BCUT2D eigenvalue weighted by molar-refractivity contribution is 5.85. The standard InChI is InChI=1S/C17H23FN2O2/c1-4-11(2)19-17(22)13-9-10-15(21)20(3)16(13)12-7-5-6-8-14(12)18/h5-8,11,13,16H,4,9-10H2,1-3H3,(H,19,22)/t11-,13+,16+/m0/s1. The van der Waals surface area contributed by atoms with Gasteiger partial charge in [-0.05, 0) is 25.8 Å². The van der Waals surface area contributed by atoms with Gasteiger partial charge >= 0.3 is 0 Å². The third-order valence-electron chi connectivity index (χ3n) is 4.42. The molecule has 0 spiro atoms. The summed E-state index contributed by atoms with van der Waals surface area (Å²) in [6, 6.07) is 5.88. The number of hydrogen-bond acceptors (Lipinski definition) is 2. The van der Waals surface area contributed by atoms with Crippen LogP contribution in [0, 0.1) is 11.7 Å². The summed E-state index contributed by atoms with van der Waals surface area (Å²) in [6.07, 6.45) is 1.60. The fourth-order valence-corrected chi connectivity index (χ4v) is 2.91. The van der Waals surface area contributed by atoms with Gasteiger partial charge in [-0.1, -0.05) is 25.1 Å². The fraction of sp³-hybridized carbons (Fsp3) is 0.529. The smallest absolute Gasteiger partial charge is 0.225 e. The highest BCUT2D eigenvalue weighted by Gasteiger charge is 2.40. The van der Waals surface area contributed by atoms with Crippen molar-refractivity contribution < 1.29 is 14.0 Å². The van der Waals surface area contributed by atoms with Crippen molar-refractivity contribution in [3.63, 3.8) is 0 Å². The molecule has 1 aromatic rings. The van der Waals surface area contributed by atoms with Gasteiger partial charge in [-0.25, -0.2) is 4.39 Å². The van der Waals surface area contributed by atoms with Crippen molar-refractivity contribution in [2.45, 2.75) is 45.2 Å². The molecule has 0 aromatic heterocycles. The fourth-order valence-electron chi connectivity index (χ4n) is 2.91. The Bertz CT molecular complexity index is 561. The van der Waals surface area contributed by atoms with Gasteiger partial charge in [-0.3, -0.25) is 9.59 Å². The number of piperidine rings is 1. The Hall–Kier alpha value is -1.91. The van der Waals surface area contributed by atoms with E-state index < -0.39 is 12.0 Å². The molecule has 5 heteroatoms. The summed E-state index contributed by atoms with van der Waals surface area (Å²) in [5.41, 5.74) is 0.405. The lowest BCUT2D eigenvalue weighted by Gasteiger charge is -2.39. The molecule has 2 amide bonds. The number of benzene rings is 1. The third-order valence-corrected chi connectivity index (χ3v) is 4.42. The second-order valence-electron chi connectivity index (χ2n) is 5.93. The van der Waals surface area contributed by atoms with Crippen LogP contribution in [0.4, 0.5) is 4.39 Å². The number of amides is 2. The topological polar surface area (TPSA) is 49.4 Å². The maximum absolute atomic E-state index is 14.2. The van der Waals surface area contributed by atoms with Crippen LogP contribution in [-0.4, -0.2) is 29.8 Å². The van der Waals surface area contributed by atoms with Crippen LogP contribution in [0.1, 0.15) is 44.7 Å². The zero-order valence-corrected chi connectivity index (χ0v) is 13.3. The van der Waals surface area contributed by atoms with Gasteiger partial charge in [0.05, 0.1) is 12.0 Å². The number of halogens is 1. The lowest BCUT2D eigenvalue weighted by atomic mass is 9.83. The van der Waals surface area contributed by atoms with Gasteiger partial charge in [-0.2, -0.15) is 0 Å². The molecule has 0 bridgehead atoms. The minimum absolute atomic E-state index is 0.0548. The molecule has 0 unspecified atom stereocenters. The average Bonchev–Trinajstić information content (AvgIpc) is 2.50. The molecule has 1 N–H and O–H groups in total. The number of nitrogens with zero attached hydrogens (tertiary/aromatic N) is 1. The van der Waals surface area contributed by atoms with Crippen molar-refractivity contribution in [3.8, 4) is 0 Å². The molecule has 120 valence electrons. The van der Waals surface area contributed by atoms with E-state index in [0.29, 0.717) is 18.4 Å². The van der Waals surface area contributed by atoms with E-state index in [1.807, 2.05) is 13.8 Å². The number of likely N-dealkylation sites (tertiary alicyclic amines) is 1. The quantitative estimate of drug-likeness (QED) is 0.929. The van der Waals surface area contributed by atoms with Gasteiger partial charge in [0.15, 0.2) is 0 Å². The number of nitrogens with one attached hydrogen (secondary N) is 1. The number of carbonyl (C=O) groups excluding carboxylic acids is 2. The van der Waals surface area contributed by atoms with Gasteiger partial charge in [0.25, 0.3) is 0 Å². The molecule has 1 aliphatic rings. The molecule has 4 nitrogen and oxygen atoms in total. The lowest BCUT2D eigenvalue weighted by Crippen LogP contribution is -2.48. The summed E-state index contributed by atoms with van der Waals surface area (Å²) in [5, 5.41) is 2.95. The molecule has 1 aliphatic heterocycles. The van der Waals surface area contributed by atoms with Gasteiger partial charge in [-0.15, -0.1) is 0 Å². The highest BCUT2D eigenvalue weighted by atomic mass is 19.1. The zero-order chi connectivity index (χ0) is 16.3. The van der Waals surface area contributed by atoms with Crippen LogP contribution >= 0.6 is 0 Å². The van der Waals surface area contributed by atoms with Crippen molar-refractivity contribution in [2.75, 3.05) is 7.05 Å². The molecule has 0 saturated carbocycles. The molecule has 3 atom stereocenters. The molecule has 1 heterocycles. The summed E-state index contributed by atoms with van der Waals surface area (Å²) >= 11 is 0. The molecular formula is C17H23FN2O2. The van der Waals surface area contributed by atoms with Gasteiger partial charge < -0.3 is 10.2 Å². The lowest BCUT2D eigenvalue weighted by molar-refractivity contribution is -0.141. The van der Waals surface area contributed by atoms with E-state index in [1.54, 1.807) is 25.2 Å². The first-order chi connectivity index (χ1) is 10.5. The Kier molecular flexibility index (Phi) is 5.16. The molecule has 2 rings (SSSR count). The van der Waals surface area contributed by atoms with Crippen LogP contribution in [0.2, 0.25) is 0 Å². The van der Waals surface area contributed by atoms with Gasteiger partial charge in [0.2, 0.25) is 11.8 Å². The van der Waals surface area contributed by atoms with Crippen molar-refractivity contribution in [1.29, 1.82) is 0 Å². The first-order valence-corrected chi connectivity index (χ1v) is 7.76. The van der Waals surface area contributed by atoms with Crippen LogP contribution in [-0.2, 0) is 9.59 Å². The van der Waals surface area contributed by atoms with Crippen LogP contribution < -0.4 is 5.32 Å². The first-order valence-electron chi connectivity index (χ1n) is 7.76. The predicted octanol–water partition coefficient (Wildman–Crippen LogP) is 2.65. The normalized spacial score (nSPS) is 23.3. The van der Waals surface area contributed by atoms with Crippen molar-refractivity contribution >= 4 is 11.8 Å². The minimum atomic E-state index is -0.550. The predicted molar refractivity (Wildman–Crippen MR) is 82.5 cm³/mol. The zero-order valence-electron chi connectivity index (χ0n) is 13.3.